The van der Waals surface area contributed by atoms with E-state index < -0.39 is 0 Å². The van der Waals surface area contributed by atoms with Gasteiger partial charge in [-0.1, -0.05) is 6.92 Å². The van der Waals surface area contributed by atoms with Crippen LogP contribution in [0, 0.1) is 0 Å². The lowest BCUT2D eigenvalue weighted by Crippen LogP contribution is -2.19. The molecule has 0 aromatic carbocycles. The van der Waals surface area contributed by atoms with E-state index in [1.807, 2.05) is 16.0 Å². The Kier molecular flexibility index (Phi) is 4.56. The van der Waals surface area contributed by atoms with Gasteiger partial charge in [-0.15, -0.1) is 11.3 Å². The summed E-state index contributed by atoms with van der Waals surface area (Å²) in [5.41, 5.74) is 8.76. The van der Waals surface area contributed by atoms with Crippen molar-refractivity contribution in [1.29, 1.82) is 0 Å². The number of nitrogens with zero attached hydrogens (tertiary/aromatic N) is 4. The number of nitrogens with two attached hydrogens (primary N) is 1. The van der Waals surface area contributed by atoms with Gasteiger partial charge in [-0.3, -0.25) is 0 Å². The molecule has 122 valence electrons. The number of methoxy groups -OCH3 is 1. The van der Waals surface area contributed by atoms with Crippen LogP contribution in [0.4, 0.5) is 5.82 Å². The topological polar surface area (TPSA) is 98.6 Å². The number of nitrogen functional groups attached to an aromatic ring is 1. The molecule has 3 N–H and O–H groups in total. The lowest BCUT2D eigenvalue weighted by Gasteiger charge is -2.17. The van der Waals surface area contributed by atoms with Gasteiger partial charge in [0.05, 0.1) is 12.7 Å². The van der Waals surface area contributed by atoms with E-state index in [2.05, 4.69) is 22.0 Å². The second-order valence-corrected chi connectivity index (χ2v) is 6.30. The van der Waals surface area contributed by atoms with Crippen molar-refractivity contribution in [2.24, 2.45) is 0 Å². The van der Waals surface area contributed by atoms with Crippen LogP contribution in [0.15, 0.2) is 24.0 Å². The van der Waals surface area contributed by atoms with Crippen LogP contribution >= 0.6 is 11.3 Å². The zero-order valence-corrected chi connectivity index (χ0v) is 13.8. The van der Waals surface area contributed by atoms with Crippen molar-refractivity contribution in [3.63, 3.8) is 0 Å². The lowest BCUT2D eigenvalue weighted by molar-refractivity contribution is 0.0390. The Bertz CT molecular complexity index is 783. The predicted molar refractivity (Wildman–Crippen MR) is 89.4 cm³/mol. The first-order chi connectivity index (χ1) is 11.2. The van der Waals surface area contributed by atoms with Crippen LogP contribution in [-0.4, -0.2) is 44.5 Å². The second kappa shape index (κ2) is 6.61. The monoisotopic (exact) mass is 333 g/mol. The third-order valence-electron chi connectivity index (χ3n) is 3.93. The Balaban J connectivity index is 2.09. The Morgan fingerprint density at radius 3 is 2.91 bits per heavy atom. The molecule has 3 heterocycles. The molecule has 0 spiro atoms. The van der Waals surface area contributed by atoms with E-state index in [1.54, 1.807) is 24.6 Å². The molecule has 3 rings (SSSR count). The van der Waals surface area contributed by atoms with E-state index in [4.69, 9.17) is 10.5 Å². The number of anilines is 1. The summed E-state index contributed by atoms with van der Waals surface area (Å²) in [6, 6.07) is 2.05. The Hall–Kier alpha value is -2.03. The third kappa shape index (κ3) is 2.92. The summed E-state index contributed by atoms with van der Waals surface area (Å²) in [7, 11) is 1.60. The molecule has 0 aliphatic carbocycles. The molecule has 0 aliphatic rings. The maximum atomic E-state index is 9.35. The van der Waals surface area contributed by atoms with Crippen LogP contribution in [0.3, 0.4) is 0 Å². The molecule has 0 saturated heterocycles. The lowest BCUT2D eigenvalue weighted by atomic mass is 10.00. The fourth-order valence-corrected chi connectivity index (χ4v) is 3.38. The van der Waals surface area contributed by atoms with Crippen molar-refractivity contribution in [3.8, 4) is 10.6 Å². The average Bonchev–Trinajstić information content (AvgIpc) is 3.20. The molecule has 3 aromatic heterocycles. The quantitative estimate of drug-likeness (QED) is 0.715. The van der Waals surface area contributed by atoms with Crippen molar-refractivity contribution in [1.82, 2.24) is 19.6 Å². The number of hydrogen-bond donors (Lipinski definition) is 2. The van der Waals surface area contributed by atoms with Gasteiger partial charge in [-0.05, 0) is 12.5 Å². The normalized spacial score (nSPS) is 14.2. The van der Waals surface area contributed by atoms with Crippen molar-refractivity contribution < 1.29 is 9.84 Å². The zero-order valence-electron chi connectivity index (χ0n) is 13.0. The van der Waals surface area contributed by atoms with Crippen molar-refractivity contribution >= 4 is 22.7 Å². The summed E-state index contributed by atoms with van der Waals surface area (Å²) in [4.78, 5) is 8.47. The first-order valence-electron chi connectivity index (χ1n) is 7.31. The molecule has 0 saturated carbocycles. The molecule has 0 bridgehead atoms. The summed E-state index contributed by atoms with van der Waals surface area (Å²) < 4.78 is 7.09. The third-order valence-corrected chi connectivity index (χ3v) is 4.74. The van der Waals surface area contributed by atoms with E-state index in [1.165, 1.54) is 6.33 Å². The number of hydrogen-bond acceptors (Lipinski definition) is 7. The smallest absolute Gasteiger partial charge is 0.152 e. The van der Waals surface area contributed by atoms with Crippen LogP contribution in [0.1, 0.15) is 25.0 Å². The van der Waals surface area contributed by atoms with Gasteiger partial charge in [-0.2, -0.15) is 5.10 Å². The largest absolute Gasteiger partial charge is 0.394 e. The van der Waals surface area contributed by atoms with Gasteiger partial charge in [0.15, 0.2) is 5.82 Å². The van der Waals surface area contributed by atoms with E-state index in [0.717, 1.165) is 21.8 Å². The number of aliphatic hydroxyl groups is 1. The Morgan fingerprint density at radius 1 is 1.43 bits per heavy atom. The van der Waals surface area contributed by atoms with E-state index in [-0.39, 0.29) is 18.6 Å². The van der Waals surface area contributed by atoms with Gasteiger partial charge in [0.25, 0.3) is 0 Å². The summed E-state index contributed by atoms with van der Waals surface area (Å²) in [6.07, 6.45) is 3.68. The summed E-state index contributed by atoms with van der Waals surface area (Å²) >= 11 is 1.55. The fourth-order valence-electron chi connectivity index (χ4n) is 2.72. The highest BCUT2D eigenvalue weighted by Gasteiger charge is 2.22. The highest BCUT2D eigenvalue weighted by molar-refractivity contribution is 7.13. The zero-order chi connectivity index (χ0) is 16.4. The summed E-state index contributed by atoms with van der Waals surface area (Å²) in [5.74, 6) is 0.553. The summed E-state index contributed by atoms with van der Waals surface area (Å²) in [6.45, 7) is 2.06. The molecule has 0 aliphatic heterocycles. The molecular weight excluding hydrogens is 314 g/mol. The van der Waals surface area contributed by atoms with Gasteiger partial charge in [-0.25, -0.2) is 14.5 Å². The maximum Gasteiger partial charge on any atom is 0.152 e. The first-order valence-corrected chi connectivity index (χ1v) is 8.19. The van der Waals surface area contributed by atoms with E-state index >= 15 is 0 Å². The van der Waals surface area contributed by atoms with Crippen LogP contribution in [0.5, 0.6) is 0 Å². The Labute approximate surface area is 137 Å². The molecule has 3 aromatic rings. The van der Waals surface area contributed by atoms with Crippen LogP contribution in [-0.2, 0) is 4.74 Å². The average molecular weight is 333 g/mol. The number of aromatic nitrogens is 4. The number of aliphatic hydroxyl groups excluding tert-OH is 1. The molecule has 0 unspecified atom stereocenters. The molecule has 0 amide bonds. The highest BCUT2D eigenvalue weighted by Crippen LogP contribution is 2.35. The molecule has 7 nitrogen and oxygen atoms in total. The molecule has 8 heteroatoms. The minimum atomic E-state index is -0.210. The van der Waals surface area contributed by atoms with E-state index in [9.17, 15) is 5.11 Å². The van der Waals surface area contributed by atoms with Gasteiger partial charge in [0, 0.05) is 35.9 Å². The van der Waals surface area contributed by atoms with Crippen molar-refractivity contribution in [3.05, 3.63) is 29.7 Å². The Morgan fingerprint density at radius 2 is 2.26 bits per heavy atom. The second-order valence-electron chi connectivity index (χ2n) is 5.40. The SMILES string of the molecule is CO[C@H](CO)C[C@H](C)c1cc(-c2nccs2)c2c(N)ncnn12. The summed E-state index contributed by atoms with van der Waals surface area (Å²) in [5, 5.41) is 16.5. The number of rotatable bonds is 6. The fraction of sp³-hybridized carbons (Fsp3) is 0.400. The van der Waals surface area contributed by atoms with Crippen molar-refractivity contribution in [2.75, 3.05) is 19.5 Å². The highest BCUT2D eigenvalue weighted by atomic mass is 32.1. The van der Waals surface area contributed by atoms with Crippen molar-refractivity contribution in [2.45, 2.75) is 25.4 Å². The molecule has 2 atom stereocenters. The maximum absolute atomic E-state index is 9.35. The molecule has 23 heavy (non-hydrogen) atoms. The van der Waals surface area contributed by atoms with Gasteiger partial charge in [0.2, 0.25) is 0 Å². The molecular formula is C15H19N5O2S. The standard InChI is InChI=1S/C15H19N5O2S/c1-9(5-10(7-21)22-2)12-6-11(15-17-3-4-23-15)13-14(16)18-8-19-20(12)13/h3-4,6,8-10,21H,5,7H2,1-2H3,(H2,16,18,19)/t9-,10-/m0/s1. The van der Waals surface area contributed by atoms with Gasteiger partial charge in [0.1, 0.15) is 16.9 Å². The van der Waals surface area contributed by atoms with Crippen LogP contribution in [0.2, 0.25) is 0 Å². The minimum absolute atomic E-state index is 0.0133. The van der Waals surface area contributed by atoms with Crippen LogP contribution < -0.4 is 5.73 Å². The van der Waals surface area contributed by atoms with Crippen LogP contribution in [0.25, 0.3) is 16.1 Å². The first kappa shape index (κ1) is 15.9. The number of thiazole rings is 1. The van der Waals surface area contributed by atoms with Gasteiger partial charge < -0.3 is 15.6 Å². The van der Waals surface area contributed by atoms with Gasteiger partial charge >= 0.3 is 0 Å². The number of ether oxygens (including phenoxy) is 1. The molecule has 0 radical (unpaired) electrons. The minimum Gasteiger partial charge on any atom is -0.394 e. The van der Waals surface area contributed by atoms with E-state index in [0.29, 0.717) is 12.2 Å². The predicted octanol–water partition coefficient (Wildman–Crippen LogP) is 1.94. The number of fused-ring (bicyclic) bond motifs is 1. The molecule has 0 fully saturated rings.